The Bertz CT molecular complexity index is 1030. The SMILES string of the molecule is CCc1cc2c(cc1Cl)nc1c(=O)[nH]c(=O)nc-1n2CCOCC(C)C. The number of halogens is 1. The fraction of sp³-hybridized carbons (Fsp3) is 0.444. The van der Waals surface area contributed by atoms with E-state index >= 15 is 0 Å². The van der Waals surface area contributed by atoms with E-state index in [-0.39, 0.29) is 11.5 Å². The summed E-state index contributed by atoms with van der Waals surface area (Å²) >= 11 is 6.31. The van der Waals surface area contributed by atoms with Gasteiger partial charge in [-0.25, -0.2) is 9.78 Å². The number of ether oxygens (including phenoxy) is 1. The maximum atomic E-state index is 12.2. The van der Waals surface area contributed by atoms with Crippen molar-refractivity contribution in [3.05, 3.63) is 43.6 Å². The van der Waals surface area contributed by atoms with Crippen molar-refractivity contribution in [2.75, 3.05) is 13.2 Å². The number of nitrogens with one attached hydrogen (secondary N) is 1. The van der Waals surface area contributed by atoms with Crippen LogP contribution in [-0.2, 0) is 17.7 Å². The van der Waals surface area contributed by atoms with Gasteiger partial charge in [-0.3, -0.25) is 9.78 Å². The summed E-state index contributed by atoms with van der Waals surface area (Å²) in [5, 5.41) is 0.597. The first kappa shape index (κ1) is 18.5. The molecule has 0 fully saturated rings. The highest BCUT2D eigenvalue weighted by atomic mass is 35.5. The second kappa shape index (κ2) is 7.55. The lowest BCUT2D eigenvalue weighted by Crippen LogP contribution is -2.29. The van der Waals surface area contributed by atoms with E-state index in [0.717, 1.165) is 17.5 Å². The highest BCUT2D eigenvalue weighted by Crippen LogP contribution is 2.27. The third-order valence-electron chi connectivity index (χ3n) is 4.07. The van der Waals surface area contributed by atoms with Gasteiger partial charge in [0.15, 0.2) is 11.5 Å². The standard InChI is InChI=1S/C18H21ClN4O3/c1-4-11-7-14-13(8-12(11)19)20-15-16(21-18(25)22-17(15)24)23(14)5-6-26-9-10(2)3/h7-8,10H,4-6,9H2,1-3H3,(H,22,24,25). The van der Waals surface area contributed by atoms with Crippen LogP contribution < -0.4 is 11.2 Å². The minimum absolute atomic E-state index is 0.112. The molecule has 0 spiro atoms. The summed E-state index contributed by atoms with van der Waals surface area (Å²) in [4.78, 5) is 34.4. The Hall–Kier alpha value is -2.25. The highest BCUT2D eigenvalue weighted by molar-refractivity contribution is 6.32. The third kappa shape index (κ3) is 3.64. The number of benzene rings is 1. The Morgan fingerprint density at radius 3 is 2.73 bits per heavy atom. The zero-order valence-corrected chi connectivity index (χ0v) is 15.8. The van der Waals surface area contributed by atoms with Crippen LogP contribution >= 0.6 is 11.6 Å². The van der Waals surface area contributed by atoms with E-state index in [9.17, 15) is 9.59 Å². The molecule has 1 aromatic rings. The highest BCUT2D eigenvalue weighted by Gasteiger charge is 2.19. The number of H-pyrrole nitrogens is 1. The average molecular weight is 377 g/mol. The molecule has 2 aliphatic heterocycles. The number of aromatic amines is 1. The fourth-order valence-electron chi connectivity index (χ4n) is 2.83. The molecular formula is C18H21ClN4O3. The molecule has 3 rings (SSSR count). The molecule has 1 N–H and O–H groups in total. The summed E-state index contributed by atoms with van der Waals surface area (Å²) in [6.45, 7) is 7.67. The zero-order valence-electron chi connectivity index (χ0n) is 15.0. The number of rotatable bonds is 6. The fourth-order valence-corrected chi connectivity index (χ4v) is 3.12. The van der Waals surface area contributed by atoms with Crippen LogP contribution in [-0.4, -0.2) is 32.7 Å². The van der Waals surface area contributed by atoms with E-state index in [0.29, 0.717) is 36.2 Å². The topological polar surface area (TPSA) is 89.9 Å². The number of hydrogen-bond acceptors (Lipinski definition) is 5. The maximum absolute atomic E-state index is 12.2. The smallest absolute Gasteiger partial charge is 0.349 e. The lowest BCUT2D eigenvalue weighted by molar-refractivity contribution is 0.104. The molecule has 0 atom stereocenters. The molecule has 0 radical (unpaired) electrons. The normalized spacial score (nSPS) is 11.7. The predicted molar refractivity (Wildman–Crippen MR) is 101 cm³/mol. The van der Waals surface area contributed by atoms with Crippen molar-refractivity contribution < 1.29 is 4.74 Å². The van der Waals surface area contributed by atoms with Gasteiger partial charge in [-0.05, 0) is 30.0 Å². The first-order valence-corrected chi connectivity index (χ1v) is 8.99. The average Bonchev–Trinajstić information content (AvgIpc) is 2.57. The van der Waals surface area contributed by atoms with Crippen molar-refractivity contribution in [1.82, 2.24) is 19.5 Å². The minimum atomic E-state index is -0.690. The van der Waals surface area contributed by atoms with Gasteiger partial charge >= 0.3 is 5.69 Å². The third-order valence-corrected chi connectivity index (χ3v) is 4.42. The molecule has 8 heteroatoms. The van der Waals surface area contributed by atoms with Crippen molar-refractivity contribution in [2.45, 2.75) is 33.7 Å². The van der Waals surface area contributed by atoms with Gasteiger partial charge in [0.05, 0.1) is 17.6 Å². The van der Waals surface area contributed by atoms with Gasteiger partial charge in [-0.15, -0.1) is 0 Å². The van der Waals surface area contributed by atoms with E-state index in [2.05, 4.69) is 28.8 Å². The van der Waals surface area contributed by atoms with E-state index in [1.807, 2.05) is 17.6 Å². The van der Waals surface area contributed by atoms with Crippen LogP contribution in [0.4, 0.5) is 0 Å². The summed E-state index contributed by atoms with van der Waals surface area (Å²) < 4.78 is 7.49. The van der Waals surface area contributed by atoms with E-state index < -0.39 is 11.2 Å². The molecule has 0 saturated carbocycles. The van der Waals surface area contributed by atoms with Crippen LogP contribution in [0.2, 0.25) is 5.02 Å². The molecular weight excluding hydrogens is 356 g/mol. The van der Waals surface area contributed by atoms with E-state index in [4.69, 9.17) is 16.3 Å². The molecule has 1 aromatic carbocycles. The molecule has 7 nitrogen and oxygen atoms in total. The summed E-state index contributed by atoms with van der Waals surface area (Å²) in [6, 6.07) is 3.67. The monoisotopic (exact) mass is 376 g/mol. The zero-order chi connectivity index (χ0) is 18.8. The van der Waals surface area contributed by atoms with Crippen LogP contribution in [0.1, 0.15) is 26.3 Å². The second-order valence-electron chi connectivity index (χ2n) is 6.56. The van der Waals surface area contributed by atoms with Crippen molar-refractivity contribution in [3.8, 4) is 11.5 Å². The molecule has 0 aromatic heterocycles. The quantitative estimate of drug-likeness (QED) is 0.527. The minimum Gasteiger partial charge on any atom is -0.379 e. The summed E-state index contributed by atoms with van der Waals surface area (Å²) in [7, 11) is 0. The Kier molecular flexibility index (Phi) is 5.38. The van der Waals surface area contributed by atoms with E-state index in [1.54, 1.807) is 6.07 Å². The van der Waals surface area contributed by atoms with Gasteiger partial charge < -0.3 is 9.30 Å². The summed E-state index contributed by atoms with van der Waals surface area (Å²) in [5.41, 5.74) is 1.17. The molecule has 2 heterocycles. The lowest BCUT2D eigenvalue weighted by Gasteiger charge is -2.18. The lowest BCUT2D eigenvalue weighted by atomic mass is 10.1. The van der Waals surface area contributed by atoms with Gasteiger partial charge in [-0.2, -0.15) is 4.98 Å². The van der Waals surface area contributed by atoms with Crippen LogP contribution in [0.25, 0.3) is 22.6 Å². The van der Waals surface area contributed by atoms with Crippen molar-refractivity contribution in [3.63, 3.8) is 0 Å². The maximum Gasteiger partial charge on any atom is 0.349 e. The Labute approximate surface area is 155 Å². The first-order valence-electron chi connectivity index (χ1n) is 8.61. The molecule has 0 bridgehead atoms. The number of aromatic nitrogens is 4. The van der Waals surface area contributed by atoms with Crippen LogP contribution in [0.3, 0.4) is 0 Å². The van der Waals surface area contributed by atoms with Gasteiger partial charge in [-0.1, -0.05) is 32.4 Å². The molecule has 0 unspecified atom stereocenters. The number of aryl methyl sites for hydroxylation is 1. The second-order valence-corrected chi connectivity index (χ2v) is 6.97. The number of hydrogen-bond donors (Lipinski definition) is 1. The molecule has 0 aliphatic carbocycles. The Balaban J connectivity index is 2.20. The van der Waals surface area contributed by atoms with Crippen molar-refractivity contribution in [1.29, 1.82) is 0 Å². The van der Waals surface area contributed by atoms with Gasteiger partial charge in [0.2, 0.25) is 0 Å². The Morgan fingerprint density at radius 2 is 2.04 bits per heavy atom. The van der Waals surface area contributed by atoms with Gasteiger partial charge in [0.1, 0.15) is 0 Å². The van der Waals surface area contributed by atoms with Crippen molar-refractivity contribution >= 4 is 22.6 Å². The Morgan fingerprint density at radius 1 is 1.27 bits per heavy atom. The molecule has 26 heavy (non-hydrogen) atoms. The summed E-state index contributed by atoms with van der Waals surface area (Å²) in [5.74, 6) is 0.675. The number of nitrogens with zero attached hydrogens (tertiary/aromatic N) is 3. The van der Waals surface area contributed by atoms with Crippen LogP contribution in [0, 0.1) is 5.92 Å². The van der Waals surface area contributed by atoms with E-state index in [1.165, 1.54) is 0 Å². The van der Waals surface area contributed by atoms with Crippen LogP contribution in [0.5, 0.6) is 0 Å². The largest absolute Gasteiger partial charge is 0.379 e. The van der Waals surface area contributed by atoms with Gasteiger partial charge in [0, 0.05) is 18.2 Å². The van der Waals surface area contributed by atoms with Crippen molar-refractivity contribution in [2.24, 2.45) is 5.92 Å². The molecule has 0 amide bonds. The van der Waals surface area contributed by atoms with Crippen LogP contribution in [0.15, 0.2) is 21.7 Å². The first-order chi connectivity index (χ1) is 12.4. The van der Waals surface area contributed by atoms with Gasteiger partial charge in [0.25, 0.3) is 5.56 Å². The molecule has 138 valence electrons. The molecule has 2 aliphatic rings. The molecule has 0 saturated heterocycles. The predicted octanol–water partition coefficient (Wildman–Crippen LogP) is 2.47. The summed E-state index contributed by atoms with van der Waals surface area (Å²) in [6.07, 6.45) is 0.756. The number of fused-ring (bicyclic) bond motifs is 2.